The van der Waals surface area contributed by atoms with E-state index in [0.29, 0.717) is 5.41 Å². The summed E-state index contributed by atoms with van der Waals surface area (Å²) in [4.78, 5) is 14.1. The van der Waals surface area contributed by atoms with Crippen LogP contribution in [-0.4, -0.2) is 42.8 Å². The van der Waals surface area contributed by atoms with Crippen LogP contribution in [0, 0.1) is 11.3 Å². The maximum atomic E-state index is 12.2. The van der Waals surface area contributed by atoms with Gasteiger partial charge in [-0.05, 0) is 64.3 Å². The van der Waals surface area contributed by atoms with Gasteiger partial charge in [-0.2, -0.15) is 0 Å². The molecular weight excluding hydrogens is 312 g/mol. The van der Waals surface area contributed by atoms with Gasteiger partial charge in [0.1, 0.15) is 5.60 Å². The Bertz CT molecular complexity index is 403. The van der Waals surface area contributed by atoms with Gasteiger partial charge in [0, 0.05) is 19.6 Å². The number of hydrogen-bond acceptors (Lipinski definition) is 3. The van der Waals surface area contributed by atoms with E-state index in [0.717, 1.165) is 44.9 Å². The fraction of sp³-hybridized carbons (Fsp3) is 0.952. The van der Waals surface area contributed by atoms with Crippen LogP contribution in [0.2, 0.25) is 0 Å². The van der Waals surface area contributed by atoms with Crippen LogP contribution >= 0.6 is 0 Å². The van der Waals surface area contributed by atoms with Gasteiger partial charge in [-0.15, -0.1) is 0 Å². The lowest BCUT2D eigenvalue weighted by Gasteiger charge is -2.42. The maximum absolute atomic E-state index is 12.2. The van der Waals surface area contributed by atoms with E-state index in [1.807, 2.05) is 25.7 Å². The molecule has 0 spiro atoms. The number of nitrogens with zero attached hydrogens (tertiary/aromatic N) is 1. The highest BCUT2D eigenvalue weighted by Gasteiger charge is 2.35. The quantitative estimate of drug-likeness (QED) is 0.686. The second-order valence-electron chi connectivity index (χ2n) is 9.29. The highest BCUT2D eigenvalue weighted by Crippen LogP contribution is 2.35. The molecule has 0 aromatic heterocycles. The molecule has 0 unspecified atom stereocenters. The first-order valence-electron chi connectivity index (χ1n) is 10.5. The Kier molecular flexibility index (Phi) is 7.60. The van der Waals surface area contributed by atoms with Crippen LogP contribution in [0.25, 0.3) is 0 Å². The summed E-state index contributed by atoms with van der Waals surface area (Å²) >= 11 is 0. The van der Waals surface area contributed by atoms with Crippen LogP contribution in [0.15, 0.2) is 0 Å². The lowest BCUT2D eigenvalue weighted by Crippen LogP contribution is -2.48. The maximum Gasteiger partial charge on any atom is 0.410 e. The predicted octanol–water partition coefficient (Wildman–Crippen LogP) is 4.97. The minimum absolute atomic E-state index is 0.150. The molecule has 1 aliphatic heterocycles. The smallest absolute Gasteiger partial charge is 0.410 e. The van der Waals surface area contributed by atoms with Crippen LogP contribution in [0.1, 0.15) is 85.5 Å². The van der Waals surface area contributed by atoms with Gasteiger partial charge >= 0.3 is 6.09 Å². The molecule has 1 saturated heterocycles. The second-order valence-corrected chi connectivity index (χ2v) is 9.29. The molecule has 0 aromatic rings. The summed E-state index contributed by atoms with van der Waals surface area (Å²) in [6, 6.07) is 0. The van der Waals surface area contributed by atoms with Crippen molar-refractivity contribution in [2.24, 2.45) is 11.3 Å². The number of hydrogen-bond donors (Lipinski definition) is 1. The monoisotopic (exact) mass is 352 g/mol. The molecule has 1 amide bonds. The average molecular weight is 353 g/mol. The van der Waals surface area contributed by atoms with Gasteiger partial charge in [0.15, 0.2) is 0 Å². The van der Waals surface area contributed by atoms with Crippen LogP contribution in [-0.2, 0) is 4.74 Å². The fourth-order valence-electron chi connectivity index (χ4n) is 4.28. The van der Waals surface area contributed by atoms with Crippen molar-refractivity contribution in [1.29, 1.82) is 0 Å². The van der Waals surface area contributed by atoms with Crippen LogP contribution in [0.3, 0.4) is 0 Å². The lowest BCUT2D eigenvalue weighted by atomic mass is 9.76. The van der Waals surface area contributed by atoms with E-state index in [4.69, 9.17) is 4.74 Å². The zero-order valence-corrected chi connectivity index (χ0v) is 17.0. The number of carbonyl (C=O) groups is 1. The largest absolute Gasteiger partial charge is 0.444 e. The minimum Gasteiger partial charge on any atom is -0.444 e. The number of amides is 1. The summed E-state index contributed by atoms with van der Waals surface area (Å²) < 4.78 is 5.52. The normalized spacial score (nSPS) is 22.0. The van der Waals surface area contributed by atoms with Crippen molar-refractivity contribution in [1.82, 2.24) is 10.2 Å². The number of carbonyl (C=O) groups excluding carboxylic acids is 1. The van der Waals surface area contributed by atoms with Crippen molar-refractivity contribution in [2.45, 2.75) is 91.1 Å². The van der Waals surface area contributed by atoms with Gasteiger partial charge in [0.2, 0.25) is 0 Å². The van der Waals surface area contributed by atoms with Crippen molar-refractivity contribution in [2.75, 3.05) is 26.2 Å². The number of nitrogens with one attached hydrogen (secondary N) is 1. The zero-order valence-electron chi connectivity index (χ0n) is 17.0. The van der Waals surface area contributed by atoms with Crippen molar-refractivity contribution in [3.05, 3.63) is 0 Å². The van der Waals surface area contributed by atoms with E-state index in [2.05, 4.69) is 12.2 Å². The van der Waals surface area contributed by atoms with Gasteiger partial charge in [0.05, 0.1) is 0 Å². The third-order valence-corrected chi connectivity index (χ3v) is 6.18. The van der Waals surface area contributed by atoms with Crippen molar-refractivity contribution < 1.29 is 9.53 Å². The molecule has 1 aliphatic carbocycles. The molecule has 2 fully saturated rings. The average Bonchev–Trinajstić information content (AvgIpc) is 2.59. The molecule has 2 aliphatic rings. The predicted molar refractivity (Wildman–Crippen MR) is 104 cm³/mol. The number of rotatable bonds is 6. The second kappa shape index (κ2) is 9.25. The third kappa shape index (κ3) is 6.80. The Hall–Kier alpha value is -0.770. The molecule has 2 rings (SSSR count). The summed E-state index contributed by atoms with van der Waals surface area (Å²) in [6.45, 7) is 12.0. The van der Waals surface area contributed by atoms with E-state index >= 15 is 0 Å². The molecule has 1 heterocycles. The highest BCUT2D eigenvalue weighted by atomic mass is 16.6. The first-order chi connectivity index (χ1) is 11.8. The van der Waals surface area contributed by atoms with E-state index in [9.17, 15) is 4.79 Å². The Morgan fingerprint density at radius 3 is 2.36 bits per heavy atom. The van der Waals surface area contributed by atoms with Gasteiger partial charge in [-0.25, -0.2) is 4.79 Å². The van der Waals surface area contributed by atoms with Crippen LogP contribution in [0.5, 0.6) is 0 Å². The number of ether oxygens (including phenoxy) is 1. The lowest BCUT2D eigenvalue weighted by molar-refractivity contribution is 0.00943. The molecule has 4 nitrogen and oxygen atoms in total. The summed E-state index contributed by atoms with van der Waals surface area (Å²) in [5.41, 5.74) is -0.0534. The summed E-state index contributed by atoms with van der Waals surface area (Å²) in [6.07, 6.45) is 11.7. The highest BCUT2D eigenvalue weighted by molar-refractivity contribution is 5.68. The van der Waals surface area contributed by atoms with Crippen LogP contribution in [0.4, 0.5) is 4.79 Å². The van der Waals surface area contributed by atoms with Gasteiger partial charge < -0.3 is 15.0 Å². The molecule has 1 N–H and O–H groups in total. The molecular formula is C21H40N2O2. The number of likely N-dealkylation sites (tertiary alicyclic amines) is 1. The van der Waals surface area contributed by atoms with Crippen molar-refractivity contribution in [3.8, 4) is 0 Å². The molecule has 146 valence electrons. The van der Waals surface area contributed by atoms with E-state index < -0.39 is 5.60 Å². The standard InChI is InChI=1S/C21H40N2O2/c1-5-21(17-22-14-11-18-9-7-6-8-10-18)12-15-23(16-13-21)19(24)25-20(2,3)4/h18,22H,5-17H2,1-4H3. The summed E-state index contributed by atoms with van der Waals surface area (Å²) in [7, 11) is 0. The number of piperidine rings is 1. The van der Waals surface area contributed by atoms with Gasteiger partial charge in [0.25, 0.3) is 0 Å². The van der Waals surface area contributed by atoms with E-state index in [1.165, 1.54) is 44.9 Å². The molecule has 1 saturated carbocycles. The van der Waals surface area contributed by atoms with Crippen molar-refractivity contribution in [3.63, 3.8) is 0 Å². The Labute approximate surface area is 155 Å². The van der Waals surface area contributed by atoms with Gasteiger partial charge in [-0.3, -0.25) is 0 Å². The van der Waals surface area contributed by atoms with Crippen molar-refractivity contribution >= 4 is 6.09 Å². The van der Waals surface area contributed by atoms with Gasteiger partial charge in [-0.1, -0.05) is 39.0 Å². The molecule has 0 atom stereocenters. The molecule has 0 radical (unpaired) electrons. The molecule has 4 heteroatoms. The first kappa shape index (κ1) is 20.5. The minimum atomic E-state index is -0.406. The van der Waals surface area contributed by atoms with Crippen LogP contribution < -0.4 is 5.32 Å². The molecule has 0 bridgehead atoms. The summed E-state index contributed by atoms with van der Waals surface area (Å²) in [5.74, 6) is 0.952. The van der Waals surface area contributed by atoms with E-state index in [-0.39, 0.29) is 6.09 Å². The Morgan fingerprint density at radius 2 is 1.80 bits per heavy atom. The molecule has 0 aromatic carbocycles. The Balaban J connectivity index is 1.70. The first-order valence-corrected chi connectivity index (χ1v) is 10.5. The molecule has 25 heavy (non-hydrogen) atoms. The Morgan fingerprint density at radius 1 is 1.16 bits per heavy atom. The topological polar surface area (TPSA) is 41.6 Å². The zero-order chi connectivity index (χ0) is 18.3. The SMILES string of the molecule is CCC1(CNCCC2CCCCC2)CCN(C(=O)OC(C)(C)C)CC1. The third-order valence-electron chi connectivity index (χ3n) is 6.18. The summed E-state index contributed by atoms with van der Waals surface area (Å²) in [5, 5.41) is 3.74. The fourth-order valence-corrected chi connectivity index (χ4v) is 4.28. The van der Waals surface area contributed by atoms with E-state index in [1.54, 1.807) is 0 Å².